The summed E-state index contributed by atoms with van der Waals surface area (Å²) in [6, 6.07) is 6.19. The molecule has 0 bridgehead atoms. The van der Waals surface area contributed by atoms with Crippen LogP contribution in [0.25, 0.3) is 0 Å². The number of alkyl halides is 3. The molecule has 1 aromatic rings. The lowest BCUT2D eigenvalue weighted by Crippen LogP contribution is -2.43. The molecule has 2 atom stereocenters. The van der Waals surface area contributed by atoms with Gasteiger partial charge < -0.3 is 15.4 Å². The van der Waals surface area contributed by atoms with Gasteiger partial charge in [-0.2, -0.15) is 0 Å². The van der Waals surface area contributed by atoms with Crippen LogP contribution in [0.15, 0.2) is 24.3 Å². The number of nitrogens with two attached hydrogens (primary N) is 1. The zero-order valence-electron chi connectivity index (χ0n) is 13.0. The molecule has 3 rings (SSSR count). The Labute approximate surface area is 144 Å². The molecule has 1 aliphatic carbocycles. The number of benzene rings is 1. The molecule has 0 spiro atoms. The second-order valence-corrected chi connectivity index (χ2v) is 6.20. The number of ether oxygens (including phenoxy) is 1. The Morgan fingerprint density at radius 2 is 1.83 bits per heavy atom. The van der Waals surface area contributed by atoms with Crippen LogP contribution in [0.1, 0.15) is 30.7 Å². The fourth-order valence-corrected chi connectivity index (χ4v) is 3.17. The molecule has 1 aromatic carbocycles. The minimum Gasteiger partial charge on any atom is -0.405 e. The van der Waals surface area contributed by atoms with Crippen molar-refractivity contribution in [3.8, 4) is 5.75 Å². The third-order valence-corrected chi connectivity index (χ3v) is 4.50. The summed E-state index contributed by atoms with van der Waals surface area (Å²) in [7, 11) is 0. The lowest BCUT2D eigenvalue weighted by atomic mass is 10.0. The van der Waals surface area contributed by atoms with Crippen LogP contribution < -0.4 is 10.5 Å². The van der Waals surface area contributed by atoms with Crippen molar-refractivity contribution in [3.05, 3.63) is 29.8 Å². The standard InChI is InChI=1S/C16H19F3N2O2.ClH/c17-16(18,19)23-14-4-2-1-3-11(14)12-9-13(12)15(22)21-7-5-10(20)6-8-21;/h1-4,10,12-13H,5-9,20H2;1H. The zero-order chi connectivity index (χ0) is 16.6. The van der Waals surface area contributed by atoms with Gasteiger partial charge in [-0.15, -0.1) is 25.6 Å². The van der Waals surface area contributed by atoms with Gasteiger partial charge in [0.05, 0.1) is 0 Å². The maximum Gasteiger partial charge on any atom is 0.573 e. The second kappa shape index (κ2) is 7.19. The van der Waals surface area contributed by atoms with E-state index in [2.05, 4.69) is 4.74 Å². The highest BCUT2D eigenvalue weighted by Crippen LogP contribution is 2.51. The first-order valence-electron chi connectivity index (χ1n) is 7.74. The second-order valence-electron chi connectivity index (χ2n) is 6.20. The summed E-state index contributed by atoms with van der Waals surface area (Å²) < 4.78 is 41.5. The van der Waals surface area contributed by atoms with Crippen LogP contribution >= 0.6 is 12.4 Å². The molecule has 0 aromatic heterocycles. The van der Waals surface area contributed by atoms with E-state index in [1.54, 1.807) is 17.0 Å². The molecule has 4 nitrogen and oxygen atoms in total. The third-order valence-electron chi connectivity index (χ3n) is 4.50. The van der Waals surface area contributed by atoms with E-state index >= 15 is 0 Å². The topological polar surface area (TPSA) is 55.6 Å². The minimum absolute atomic E-state index is 0. The quantitative estimate of drug-likeness (QED) is 0.896. The number of amides is 1. The van der Waals surface area contributed by atoms with Gasteiger partial charge >= 0.3 is 6.36 Å². The van der Waals surface area contributed by atoms with Crippen LogP contribution in [0.3, 0.4) is 0 Å². The van der Waals surface area contributed by atoms with Gasteiger partial charge in [0, 0.05) is 25.0 Å². The highest BCUT2D eigenvalue weighted by Gasteiger charge is 2.48. The fraction of sp³-hybridized carbons (Fsp3) is 0.562. The lowest BCUT2D eigenvalue weighted by Gasteiger charge is -2.30. The molecular weight excluding hydrogens is 345 g/mol. The van der Waals surface area contributed by atoms with E-state index in [-0.39, 0.29) is 41.9 Å². The van der Waals surface area contributed by atoms with Crippen LogP contribution in [0, 0.1) is 5.92 Å². The predicted octanol–water partition coefficient (Wildman–Crippen LogP) is 3.06. The highest BCUT2D eigenvalue weighted by atomic mass is 35.5. The van der Waals surface area contributed by atoms with E-state index < -0.39 is 6.36 Å². The molecule has 2 unspecified atom stereocenters. The number of carbonyl (C=O) groups is 1. The van der Waals surface area contributed by atoms with E-state index in [0.29, 0.717) is 25.1 Å². The molecule has 1 saturated carbocycles. The number of nitrogens with zero attached hydrogens (tertiary/aromatic N) is 1. The Morgan fingerprint density at radius 3 is 2.46 bits per heavy atom. The molecule has 24 heavy (non-hydrogen) atoms. The Bertz CT molecular complexity index is 589. The number of rotatable bonds is 3. The Kier molecular flexibility index (Phi) is 5.65. The van der Waals surface area contributed by atoms with Crippen molar-refractivity contribution in [3.63, 3.8) is 0 Å². The summed E-state index contributed by atoms with van der Waals surface area (Å²) in [6.45, 7) is 1.26. The van der Waals surface area contributed by atoms with Crippen molar-refractivity contribution in [1.29, 1.82) is 0 Å². The summed E-state index contributed by atoms with van der Waals surface area (Å²) in [5.74, 6) is -0.636. The summed E-state index contributed by atoms with van der Waals surface area (Å²) in [6.07, 6.45) is -2.61. The monoisotopic (exact) mass is 364 g/mol. The lowest BCUT2D eigenvalue weighted by molar-refractivity contribution is -0.274. The van der Waals surface area contributed by atoms with Crippen molar-refractivity contribution in [2.24, 2.45) is 11.7 Å². The van der Waals surface area contributed by atoms with Crippen molar-refractivity contribution >= 4 is 18.3 Å². The molecule has 8 heteroatoms. The Hall–Kier alpha value is -1.47. The molecule has 1 amide bonds. The molecule has 1 heterocycles. The minimum atomic E-state index is -4.73. The van der Waals surface area contributed by atoms with Crippen LogP contribution in [-0.4, -0.2) is 36.3 Å². The normalized spacial score (nSPS) is 24.2. The summed E-state index contributed by atoms with van der Waals surface area (Å²) >= 11 is 0. The van der Waals surface area contributed by atoms with Gasteiger partial charge in [-0.25, -0.2) is 0 Å². The predicted molar refractivity (Wildman–Crippen MR) is 85.0 cm³/mol. The van der Waals surface area contributed by atoms with Crippen LogP contribution in [0.4, 0.5) is 13.2 Å². The number of para-hydroxylation sites is 1. The number of hydrogen-bond acceptors (Lipinski definition) is 3. The van der Waals surface area contributed by atoms with Crippen LogP contribution in [0.5, 0.6) is 5.75 Å². The first-order chi connectivity index (χ1) is 10.8. The fourth-order valence-electron chi connectivity index (χ4n) is 3.17. The van der Waals surface area contributed by atoms with Crippen molar-refractivity contribution in [2.45, 2.75) is 37.6 Å². The molecule has 2 fully saturated rings. The highest BCUT2D eigenvalue weighted by molar-refractivity contribution is 5.85. The van der Waals surface area contributed by atoms with Gasteiger partial charge in [0.15, 0.2) is 0 Å². The number of carbonyl (C=O) groups excluding carboxylic acids is 1. The number of likely N-dealkylation sites (tertiary alicyclic amines) is 1. The molecule has 2 aliphatic rings. The summed E-state index contributed by atoms with van der Waals surface area (Å²) in [5, 5.41) is 0. The van der Waals surface area contributed by atoms with E-state index in [9.17, 15) is 18.0 Å². The van der Waals surface area contributed by atoms with Gasteiger partial charge in [0.2, 0.25) is 5.91 Å². The Morgan fingerprint density at radius 1 is 1.21 bits per heavy atom. The van der Waals surface area contributed by atoms with Crippen LogP contribution in [-0.2, 0) is 4.79 Å². The van der Waals surface area contributed by atoms with E-state index in [1.807, 2.05) is 0 Å². The van der Waals surface area contributed by atoms with E-state index in [1.165, 1.54) is 12.1 Å². The van der Waals surface area contributed by atoms with E-state index in [0.717, 1.165) is 12.8 Å². The summed E-state index contributed by atoms with van der Waals surface area (Å²) in [5.41, 5.74) is 6.28. The van der Waals surface area contributed by atoms with Crippen LogP contribution in [0.2, 0.25) is 0 Å². The first-order valence-corrected chi connectivity index (χ1v) is 7.74. The van der Waals surface area contributed by atoms with Gasteiger partial charge in [-0.3, -0.25) is 4.79 Å². The maximum absolute atomic E-state index is 12.5. The zero-order valence-corrected chi connectivity index (χ0v) is 13.8. The largest absolute Gasteiger partial charge is 0.573 e. The van der Waals surface area contributed by atoms with Crippen molar-refractivity contribution < 1.29 is 22.7 Å². The van der Waals surface area contributed by atoms with Crippen molar-refractivity contribution in [1.82, 2.24) is 4.90 Å². The smallest absolute Gasteiger partial charge is 0.405 e. The van der Waals surface area contributed by atoms with Gasteiger partial charge in [0.1, 0.15) is 5.75 Å². The average molecular weight is 365 g/mol. The first kappa shape index (κ1) is 18.9. The molecule has 0 radical (unpaired) electrons. The van der Waals surface area contributed by atoms with Crippen molar-refractivity contribution in [2.75, 3.05) is 13.1 Å². The molecule has 2 N–H and O–H groups in total. The molecule has 1 saturated heterocycles. The van der Waals surface area contributed by atoms with E-state index in [4.69, 9.17) is 5.73 Å². The van der Waals surface area contributed by atoms with Gasteiger partial charge in [-0.05, 0) is 36.8 Å². The molecular formula is C16H20ClF3N2O2. The average Bonchev–Trinajstić information content (AvgIpc) is 3.26. The number of piperidine rings is 1. The maximum atomic E-state index is 12.5. The molecule has 1 aliphatic heterocycles. The number of halogens is 4. The van der Waals surface area contributed by atoms with Gasteiger partial charge in [0.25, 0.3) is 0 Å². The Balaban J connectivity index is 0.00000208. The van der Waals surface area contributed by atoms with Gasteiger partial charge in [-0.1, -0.05) is 18.2 Å². The summed E-state index contributed by atoms with van der Waals surface area (Å²) in [4.78, 5) is 14.2. The number of hydrogen-bond donors (Lipinski definition) is 1. The third kappa shape index (κ3) is 4.33. The SMILES string of the molecule is Cl.NC1CCN(C(=O)C2CC2c2ccccc2OC(F)(F)F)CC1. The molecule has 134 valence electrons.